The predicted molar refractivity (Wildman–Crippen MR) is 86.2 cm³/mol. The van der Waals surface area contributed by atoms with Crippen LogP contribution in [0.5, 0.6) is 0 Å². The Morgan fingerprint density at radius 2 is 1.05 bits per heavy atom. The molecule has 0 fully saturated rings. The predicted octanol–water partition coefficient (Wildman–Crippen LogP) is 5.76. The van der Waals surface area contributed by atoms with Crippen LogP contribution in [-0.2, 0) is 0 Å². The minimum Gasteiger partial charge on any atom is -0.294 e. The molecule has 0 saturated carbocycles. The molecule has 108 valence electrons. The van der Waals surface area contributed by atoms with Crippen molar-refractivity contribution in [1.29, 1.82) is 0 Å². The second kappa shape index (κ2) is 6.80. The number of carbonyl (C=O) groups excluding carboxylic acids is 2. The van der Waals surface area contributed by atoms with Gasteiger partial charge in [-0.25, -0.2) is 0 Å². The van der Waals surface area contributed by atoms with Crippen LogP contribution in [0.4, 0.5) is 0 Å². The van der Waals surface area contributed by atoms with Crippen molar-refractivity contribution in [2.45, 2.75) is 6.42 Å². The van der Waals surface area contributed by atoms with Crippen molar-refractivity contribution in [2.75, 3.05) is 0 Å². The molecule has 2 aromatic rings. The van der Waals surface area contributed by atoms with Gasteiger partial charge < -0.3 is 0 Å². The second-order valence-corrected chi connectivity index (χ2v) is 5.91. The Morgan fingerprint density at radius 1 is 0.667 bits per heavy atom. The van der Waals surface area contributed by atoms with Gasteiger partial charge in [0.05, 0.1) is 26.5 Å². The third-order valence-electron chi connectivity index (χ3n) is 2.80. The molecule has 2 rings (SSSR count). The normalized spacial score (nSPS) is 10.5. The maximum atomic E-state index is 12.1. The molecule has 2 aromatic carbocycles. The van der Waals surface area contributed by atoms with Gasteiger partial charge >= 0.3 is 0 Å². The van der Waals surface area contributed by atoms with Crippen LogP contribution < -0.4 is 0 Å². The van der Waals surface area contributed by atoms with Gasteiger partial charge in [-0.3, -0.25) is 9.59 Å². The zero-order chi connectivity index (χ0) is 15.6. The highest BCUT2D eigenvalue weighted by atomic mass is 35.5. The Balaban J connectivity index is 2.16. The lowest BCUT2D eigenvalue weighted by Gasteiger charge is -2.04. The Morgan fingerprint density at radius 3 is 1.38 bits per heavy atom. The molecule has 0 heterocycles. The summed E-state index contributed by atoms with van der Waals surface area (Å²) in [6.07, 6.45) is -0.282. The van der Waals surface area contributed by atoms with Crippen molar-refractivity contribution in [1.82, 2.24) is 0 Å². The summed E-state index contributed by atoms with van der Waals surface area (Å²) in [5, 5.41) is 1.24. The highest BCUT2D eigenvalue weighted by Gasteiger charge is 2.15. The zero-order valence-corrected chi connectivity index (χ0v) is 13.5. The van der Waals surface area contributed by atoms with Crippen LogP contribution in [0.1, 0.15) is 27.1 Å². The average molecular weight is 362 g/mol. The summed E-state index contributed by atoms with van der Waals surface area (Å²) < 4.78 is 0. The number of benzene rings is 2. The van der Waals surface area contributed by atoms with E-state index >= 15 is 0 Å². The molecule has 0 spiro atoms. The largest absolute Gasteiger partial charge is 0.294 e. The molecule has 0 saturated heterocycles. The molecule has 0 aliphatic rings. The van der Waals surface area contributed by atoms with Crippen molar-refractivity contribution in [3.8, 4) is 0 Å². The number of carbonyl (C=O) groups is 2. The van der Waals surface area contributed by atoms with Crippen molar-refractivity contribution in [3.63, 3.8) is 0 Å². The minimum atomic E-state index is -0.343. The zero-order valence-electron chi connectivity index (χ0n) is 10.5. The van der Waals surface area contributed by atoms with Gasteiger partial charge in [0, 0.05) is 11.1 Å². The summed E-state index contributed by atoms with van der Waals surface area (Å²) in [5.74, 6) is -0.686. The summed E-state index contributed by atoms with van der Waals surface area (Å²) in [4.78, 5) is 24.1. The van der Waals surface area contributed by atoms with E-state index in [1.165, 1.54) is 36.4 Å². The quantitative estimate of drug-likeness (QED) is 0.512. The Labute approximate surface area is 141 Å². The van der Waals surface area contributed by atoms with E-state index in [4.69, 9.17) is 46.4 Å². The van der Waals surface area contributed by atoms with E-state index < -0.39 is 0 Å². The lowest BCUT2D eigenvalue weighted by molar-refractivity contribution is 0.0894. The van der Waals surface area contributed by atoms with Crippen LogP contribution in [0, 0.1) is 0 Å². The van der Waals surface area contributed by atoms with Gasteiger partial charge in [0.1, 0.15) is 0 Å². The van der Waals surface area contributed by atoms with E-state index in [1.54, 1.807) is 0 Å². The third kappa shape index (κ3) is 3.98. The molecule has 0 N–H and O–H groups in total. The summed E-state index contributed by atoms with van der Waals surface area (Å²) >= 11 is 23.3. The average Bonchev–Trinajstić information content (AvgIpc) is 2.44. The van der Waals surface area contributed by atoms with Crippen molar-refractivity contribution in [2.24, 2.45) is 0 Å². The van der Waals surface area contributed by atoms with Crippen LogP contribution in [-0.4, -0.2) is 11.6 Å². The Bertz CT molecular complexity index is 664. The number of rotatable bonds is 4. The Hall–Kier alpha value is -1.06. The van der Waals surface area contributed by atoms with E-state index in [0.717, 1.165) is 0 Å². The van der Waals surface area contributed by atoms with E-state index in [2.05, 4.69) is 0 Å². The van der Waals surface area contributed by atoms with Gasteiger partial charge in [0.25, 0.3) is 0 Å². The van der Waals surface area contributed by atoms with Gasteiger partial charge in [-0.2, -0.15) is 0 Å². The highest BCUT2D eigenvalue weighted by molar-refractivity contribution is 6.42. The Kier molecular flexibility index (Phi) is 5.28. The maximum Gasteiger partial charge on any atom is 0.170 e. The van der Waals surface area contributed by atoms with Gasteiger partial charge in [-0.15, -0.1) is 0 Å². The number of hydrogen-bond acceptors (Lipinski definition) is 2. The van der Waals surface area contributed by atoms with Gasteiger partial charge in [-0.05, 0) is 36.4 Å². The molecular weight excluding hydrogens is 354 g/mol. The molecule has 0 aliphatic carbocycles. The lowest BCUT2D eigenvalue weighted by atomic mass is 10.0. The fourth-order valence-electron chi connectivity index (χ4n) is 1.69. The lowest BCUT2D eigenvalue weighted by Crippen LogP contribution is -2.08. The van der Waals surface area contributed by atoms with Crippen LogP contribution in [0.3, 0.4) is 0 Å². The fourth-order valence-corrected chi connectivity index (χ4v) is 2.29. The molecule has 2 nitrogen and oxygen atoms in total. The molecule has 0 aliphatic heterocycles. The van der Waals surface area contributed by atoms with Crippen LogP contribution in [0.25, 0.3) is 0 Å². The summed E-state index contributed by atoms with van der Waals surface area (Å²) in [5.41, 5.74) is 0.663. The minimum absolute atomic E-state index is 0.268. The van der Waals surface area contributed by atoms with E-state index in [9.17, 15) is 9.59 Å². The summed E-state index contributed by atoms with van der Waals surface area (Å²) in [6.45, 7) is 0. The molecule has 0 unspecified atom stereocenters. The monoisotopic (exact) mass is 360 g/mol. The van der Waals surface area contributed by atoms with Gasteiger partial charge in [-0.1, -0.05) is 46.4 Å². The molecule has 0 radical (unpaired) electrons. The third-order valence-corrected chi connectivity index (χ3v) is 4.28. The van der Waals surface area contributed by atoms with Gasteiger partial charge in [0.2, 0.25) is 0 Å². The van der Waals surface area contributed by atoms with E-state index in [1.807, 2.05) is 0 Å². The standard InChI is InChI=1S/C15H8Cl4O2/c16-10-3-1-8(5-12(10)18)14(20)7-15(21)9-2-4-11(17)13(19)6-9/h1-6H,7H2. The molecule has 0 bridgehead atoms. The number of ketones is 2. The summed E-state index contributed by atoms with van der Waals surface area (Å²) in [6, 6.07) is 8.96. The van der Waals surface area contributed by atoms with Gasteiger partial charge in [0.15, 0.2) is 11.6 Å². The molecule has 0 amide bonds. The van der Waals surface area contributed by atoms with E-state index in [0.29, 0.717) is 21.2 Å². The first-order valence-electron chi connectivity index (χ1n) is 5.85. The SMILES string of the molecule is O=C(CC(=O)c1ccc(Cl)c(Cl)c1)c1ccc(Cl)c(Cl)c1. The van der Waals surface area contributed by atoms with Crippen molar-refractivity contribution < 1.29 is 9.59 Å². The first kappa shape index (κ1) is 16.3. The van der Waals surface area contributed by atoms with E-state index in [-0.39, 0.29) is 28.0 Å². The fraction of sp³-hybridized carbons (Fsp3) is 0.0667. The van der Waals surface area contributed by atoms with Crippen LogP contribution >= 0.6 is 46.4 Å². The number of halogens is 4. The molecular formula is C15H8Cl4O2. The number of Topliss-reactive ketones (excluding diaryl/α,β-unsaturated/α-hetero) is 2. The first-order valence-corrected chi connectivity index (χ1v) is 7.36. The maximum absolute atomic E-state index is 12.1. The highest BCUT2D eigenvalue weighted by Crippen LogP contribution is 2.25. The molecule has 0 atom stereocenters. The first-order chi connectivity index (χ1) is 9.88. The second-order valence-electron chi connectivity index (χ2n) is 4.28. The number of hydrogen-bond donors (Lipinski definition) is 0. The molecule has 0 aromatic heterocycles. The van der Waals surface area contributed by atoms with Crippen LogP contribution in [0.15, 0.2) is 36.4 Å². The van der Waals surface area contributed by atoms with Crippen LogP contribution in [0.2, 0.25) is 20.1 Å². The topological polar surface area (TPSA) is 34.1 Å². The van der Waals surface area contributed by atoms with Crippen molar-refractivity contribution in [3.05, 3.63) is 67.6 Å². The summed E-state index contributed by atoms with van der Waals surface area (Å²) in [7, 11) is 0. The smallest absolute Gasteiger partial charge is 0.170 e. The van der Waals surface area contributed by atoms with Crippen molar-refractivity contribution >= 4 is 58.0 Å². The molecule has 21 heavy (non-hydrogen) atoms. The molecule has 6 heteroatoms.